The number of hydrogen-bond acceptors (Lipinski definition) is 4. The highest BCUT2D eigenvalue weighted by Crippen LogP contribution is 2.26. The number of ether oxygens (including phenoxy) is 1. The van der Waals surface area contributed by atoms with Gasteiger partial charge in [-0.15, -0.1) is 0 Å². The van der Waals surface area contributed by atoms with E-state index >= 15 is 0 Å². The first kappa shape index (κ1) is 16.4. The van der Waals surface area contributed by atoms with Gasteiger partial charge in [-0.3, -0.25) is 4.79 Å². The van der Waals surface area contributed by atoms with Gasteiger partial charge in [0.1, 0.15) is 11.6 Å². The van der Waals surface area contributed by atoms with Crippen molar-refractivity contribution in [2.75, 3.05) is 13.1 Å². The summed E-state index contributed by atoms with van der Waals surface area (Å²) in [4.78, 5) is 23.4. The fourth-order valence-electron chi connectivity index (χ4n) is 2.95. The van der Waals surface area contributed by atoms with Gasteiger partial charge in [0.25, 0.3) is 5.91 Å². The van der Waals surface area contributed by atoms with Crippen LogP contribution in [0.25, 0.3) is 0 Å². The largest absolute Gasteiger partial charge is 0.491 e. The lowest BCUT2D eigenvalue weighted by molar-refractivity contribution is 0.0790. The van der Waals surface area contributed by atoms with Crippen molar-refractivity contribution in [3.05, 3.63) is 53.6 Å². The minimum Gasteiger partial charge on any atom is -0.491 e. The summed E-state index contributed by atoms with van der Waals surface area (Å²) in [5.41, 5.74) is 1.66. The van der Waals surface area contributed by atoms with Crippen LogP contribution in [-0.2, 0) is 0 Å². The Morgan fingerprint density at radius 1 is 1.25 bits per heavy atom. The highest BCUT2D eigenvalue weighted by atomic mass is 16.5. The quantitative estimate of drug-likeness (QED) is 0.866. The van der Waals surface area contributed by atoms with Crippen molar-refractivity contribution in [3.8, 4) is 5.75 Å². The van der Waals surface area contributed by atoms with Crippen molar-refractivity contribution in [3.63, 3.8) is 0 Å². The van der Waals surface area contributed by atoms with Crippen LogP contribution in [0.2, 0.25) is 0 Å². The van der Waals surface area contributed by atoms with Crippen LogP contribution in [0.5, 0.6) is 5.75 Å². The number of nitrogens with zero attached hydrogens (tertiary/aromatic N) is 3. The number of benzene rings is 1. The summed E-state index contributed by atoms with van der Waals surface area (Å²) >= 11 is 0. The number of rotatable bonds is 4. The molecule has 126 valence electrons. The van der Waals surface area contributed by atoms with E-state index in [1.165, 1.54) is 0 Å². The molecule has 2 aromatic rings. The predicted molar refractivity (Wildman–Crippen MR) is 92.2 cm³/mol. The standard InChI is InChI=1S/C19H23N3O2/c1-13(2)24-17-6-4-15(5-7-17)19(23)22-11-9-16(12-22)18-20-10-8-14(3)21-18/h4-8,10,13,16H,9,11-12H2,1-3H3. The first-order chi connectivity index (χ1) is 11.5. The fraction of sp³-hybridized carbons (Fsp3) is 0.421. The van der Waals surface area contributed by atoms with Crippen LogP contribution in [0.3, 0.4) is 0 Å². The highest BCUT2D eigenvalue weighted by molar-refractivity contribution is 5.94. The van der Waals surface area contributed by atoms with Crippen molar-refractivity contribution >= 4 is 5.91 Å². The molecule has 1 aliphatic heterocycles. The average Bonchev–Trinajstić information content (AvgIpc) is 3.04. The zero-order valence-corrected chi connectivity index (χ0v) is 14.4. The topological polar surface area (TPSA) is 55.3 Å². The molecule has 1 unspecified atom stereocenters. The second-order valence-electron chi connectivity index (χ2n) is 6.48. The molecule has 24 heavy (non-hydrogen) atoms. The lowest BCUT2D eigenvalue weighted by Gasteiger charge is -2.17. The van der Waals surface area contributed by atoms with E-state index in [4.69, 9.17) is 4.74 Å². The Kier molecular flexibility index (Phi) is 4.79. The van der Waals surface area contributed by atoms with Gasteiger partial charge in [-0.05, 0) is 57.5 Å². The second-order valence-corrected chi connectivity index (χ2v) is 6.48. The van der Waals surface area contributed by atoms with Crippen LogP contribution in [0.1, 0.15) is 48.1 Å². The Morgan fingerprint density at radius 2 is 2.00 bits per heavy atom. The molecule has 2 heterocycles. The number of likely N-dealkylation sites (tertiary alicyclic amines) is 1. The van der Waals surface area contributed by atoms with Gasteiger partial charge in [-0.2, -0.15) is 0 Å². The first-order valence-corrected chi connectivity index (χ1v) is 8.38. The summed E-state index contributed by atoms with van der Waals surface area (Å²) in [5.74, 6) is 1.90. The summed E-state index contributed by atoms with van der Waals surface area (Å²) in [6, 6.07) is 9.25. The zero-order valence-electron chi connectivity index (χ0n) is 14.4. The van der Waals surface area contributed by atoms with E-state index in [1.807, 2.05) is 56.0 Å². The zero-order chi connectivity index (χ0) is 17.1. The Morgan fingerprint density at radius 3 is 2.67 bits per heavy atom. The molecule has 3 rings (SSSR count). The van der Waals surface area contributed by atoms with Gasteiger partial charge in [0.2, 0.25) is 0 Å². The van der Waals surface area contributed by atoms with Gasteiger partial charge >= 0.3 is 0 Å². The molecule has 5 heteroatoms. The smallest absolute Gasteiger partial charge is 0.253 e. The van der Waals surface area contributed by atoms with E-state index in [0.29, 0.717) is 12.1 Å². The van der Waals surface area contributed by atoms with Crippen LogP contribution >= 0.6 is 0 Å². The third kappa shape index (κ3) is 3.72. The summed E-state index contributed by atoms with van der Waals surface area (Å²) in [5, 5.41) is 0. The van der Waals surface area contributed by atoms with Crippen molar-refractivity contribution in [2.45, 2.75) is 39.2 Å². The van der Waals surface area contributed by atoms with Gasteiger partial charge in [0.15, 0.2) is 0 Å². The summed E-state index contributed by atoms with van der Waals surface area (Å²) in [6.45, 7) is 7.34. The van der Waals surface area contributed by atoms with E-state index in [-0.39, 0.29) is 17.9 Å². The molecule has 1 aliphatic rings. The van der Waals surface area contributed by atoms with E-state index in [0.717, 1.165) is 30.2 Å². The van der Waals surface area contributed by atoms with Crippen LogP contribution in [0, 0.1) is 6.92 Å². The third-order valence-corrected chi connectivity index (χ3v) is 4.13. The number of amides is 1. The minimum absolute atomic E-state index is 0.0567. The van der Waals surface area contributed by atoms with Crippen LogP contribution in [0.15, 0.2) is 36.5 Å². The summed E-state index contributed by atoms with van der Waals surface area (Å²) in [6.07, 6.45) is 2.82. The Bertz CT molecular complexity index is 713. The molecule has 1 aromatic carbocycles. The lowest BCUT2D eigenvalue weighted by atomic mass is 10.1. The molecule has 0 saturated carbocycles. The van der Waals surface area contributed by atoms with Crippen LogP contribution < -0.4 is 4.74 Å². The van der Waals surface area contributed by atoms with E-state index in [2.05, 4.69) is 9.97 Å². The molecular weight excluding hydrogens is 302 g/mol. The second kappa shape index (κ2) is 6.99. The molecule has 5 nitrogen and oxygen atoms in total. The molecule has 1 atom stereocenters. The third-order valence-electron chi connectivity index (χ3n) is 4.13. The summed E-state index contributed by atoms with van der Waals surface area (Å²) < 4.78 is 5.62. The Hall–Kier alpha value is -2.43. The monoisotopic (exact) mass is 325 g/mol. The molecule has 0 radical (unpaired) electrons. The molecule has 0 aliphatic carbocycles. The van der Waals surface area contributed by atoms with Gasteiger partial charge in [0, 0.05) is 36.5 Å². The van der Waals surface area contributed by atoms with Crippen LogP contribution in [0.4, 0.5) is 0 Å². The van der Waals surface area contributed by atoms with Crippen LogP contribution in [-0.4, -0.2) is 40.0 Å². The molecule has 1 fully saturated rings. The maximum atomic E-state index is 12.7. The SMILES string of the molecule is Cc1ccnc(C2CCN(C(=O)c3ccc(OC(C)C)cc3)C2)n1. The Labute approximate surface area is 142 Å². The van der Waals surface area contributed by atoms with Crippen molar-refractivity contribution in [1.29, 1.82) is 0 Å². The number of aromatic nitrogens is 2. The highest BCUT2D eigenvalue weighted by Gasteiger charge is 2.29. The minimum atomic E-state index is 0.0567. The molecular formula is C19H23N3O2. The maximum absolute atomic E-state index is 12.7. The number of hydrogen-bond donors (Lipinski definition) is 0. The fourth-order valence-corrected chi connectivity index (χ4v) is 2.95. The first-order valence-electron chi connectivity index (χ1n) is 8.38. The van der Waals surface area contributed by atoms with Gasteiger partial charge in [0.05, 0.1) is 6.10 Å². The molecule has 0 spiro atoms. The molecule has 0 N–H and O–H groups in total. The normalized spacial score (nSPS) is 17.3. The number of carbonyl (C=O) groups is 1. The molecule has 1 saturated heterocycles. The van der Waals surface area contributed by atoms with Gasteiger partial charge in [-0.1, -0.05) is 0 Å². The maximum Gasteiger partial charge on any atom is 0.253 e. The van der Waals surface area contributed by atoms with Gasteiger partial charge < -0.3 is 9.64 Å². The predicted octanol–water partition coefficient (Wildman–Crippen LogP) is 3.20. The Balaban J connectivity index is 1.66. The van der Waals surface area contributed by atoms with E-state index < -0.39 is 0 Å². The average molecular weight is 325 g/mol. The van der Waals surface area contributed by atoms with Crippen molar-refractivity contribution < 1.29 is 9.53 Å². The van der Waals surface area contributed by atoms with Crippen molar-refractivity contribution in [2.24, 2.45) is 0 Å². The molecule has 0 bridgehead atoms. The van der Waals surface area contributed by atoms with Gasteiger partial charge in [-0.25, -0.2) is 9.97 Å². The van der Waals surface area contributed by atoms with Crippen molar-refractivity contribution in [1.82, 2.24) is 14.9 Å². The number of aryl methyl sites for hydroxylation is 1. The lowest BCUT2D eigenvalue weighted by Crippen LogP contribution is -2.28. The molecule has 1 aromatic heterocycles. The van der Waals surface area contributed by atoms with E-state index in [1.54, 1.807) is 6.20 Å². The van der Waals surface area contributed by atoms with E-state index in [9.17, 15) is 4.79 Å². The molecule has 1 amide bonds. The summed E-state index contributed by atoms with van der Waals surface area (Å²) in [7, 11) is 0. The number of carbonyl (C=O) groups excluding carboxylic acids is 1.